The zero-order valence-corrected chi connectivity index (χ0v) is 12.2. The number of amides is 4. The van der Waals surface area contributed by atoms with Gasteiger partial charge in [0.05, 0.1) is 12.8 Å². The fourth-order valence-electron chi connectivity index (χ4n) is 1.64. The molecule has 1 heterocycles. The minimum atomic E-state index is -0.553. The van der Waals surface area contributed by atoms with Crippen molar-refractivity contribution in [3.8, 4) is 0 Å². The molecule has 23 heavy (non-hydrogen) atoms. The van der Waals surface area contributed by atoms with Gasteiger partial charge in [-0.05, 0) is 24.3 Å². The average molecular weight is 316 g/mol. The molecule has 2 aromatic rings. The maximum Gasteiger partial charge on any atom is 0.315 e. The number of carbonyl (C=O) groups is 3. The van der Waals surface area contributed by atoms with Crippen molar-refractivity contribution in [3.63, 3.8) is 0 Å². The van der Waals surface area contributed by atoms with Gasteiger partial charge in [-0.15, -0.1) is 0 Å². The molecule has 1 aromatic carbocycles. The summed E-state index contributed by atoms with van der Waals surface area (Å²) in [5.41, 5.74) is 4.87. The van der Waals surface area contributed by atoms with Gasteiger partial charge in [-0.2, -0.15) is 0 Å². The number of hydrazine groups is 1. The molecule has 0 radical (unpaired) electrons. The molecule has 0 bridgehead atoms. The van der Waals surface area contributed by atoms with Crippen molar-refractivity contribution in [3.05, 3.63) is 60.1 Å². The lowest BCUT2D eigenvalue weighted by Crippen LogP contribution is -2.47. The Labute approximate surface area is 132 Å². The van der Waals surface area contributed by atoms with Crippen molar-refractivity contribution in [2.75, 3.05) is 6.54 Å². The highest BCUT2D eigenvalue weighted by molar-refractivity contribution is 5.95. The molecule has 4 N–H and O–H groups in total. The summed E-state index contributed by atoms with van der Waals surface area (Å²) < 4.78 is 5.05. The largest absolute Gasteiger partial charge is 0.467 e. The van der Waals surface area contributed by atoms with E-state index < -0.39 is 17.8 Å². The average Bonchev–Trinajstić information content (AvgIpc) is 3.10. The maximum atomic E-state index is 11.7. The van der Waals surface area contributed by atoms with Gasteiger partial charge in [-0.25, -0.2) is 4.79 Å². The van der Waals surface area contributed by atoms with Gasteiger partial charge < -0.3 is 15.1 Å². The van der Waals surface area contributed by atoms with Gasteiger partial charge in [-0.3, -0.25) is 20.4 Å². The molecular weight excluding hydrogens is 300 g/mol. The summed E-state index contributed by atoms with van der Waals surface area (Å²) in [6.45, 7) is -0.0652. The van der Waals surface area contributed by atoms with Crippen LogP contribution in [0.4, 0.5) is 4.79 Å². The Balaban J connectivity index is 1.63. The molecule has 0 aliphatic rings. The Morgan fingerprint density at radius 2 is 1.70 bits per heavy atom. The summed E-state index contributed by atoms with van der Waals surface area (Å²) in [7, 11) is 0. The van der Waals surface area contributed by atoms with Crippen molar-refractivity contribution in [2.45, 2.75) is 6.54 Å². The molecule has 0 unspecified atom stereocenters. The van der Waals surface area contributed by atoms with Crippen LogP contribution in [0.1, 0.15) is 16.1 Å². The summed E-state index contributed by atoms with van der Waals surface area (Å²) in [5.74, 6) is -0.400. The summed E-state index contributed by atoms with van der Waals surface area (Å²) >= 11 is 0. The molecule has 2 rings (SSSR count). The van der Waals surface area contributed by atoms with Gasteiger partial charge >= 0.3 is 6.03 Å². The minimum absolute atomic E-state index is 0.213. The first-order valence-corrected chi connectivity index (χ1v) is 6.83. The third-order valence-electron chi connectivity index (χ3n) is 2.76. The van der Waals surface area contributed by atoms with Crippen LogP contribution in [-0.2, 0) is 11.3 Å². The fraction of sp³-hybridized carbons (Fsp3) is 0.133. The molecule has 0 aliphatic carbocycles. The number of carbonyl (C=O) groups excluding carboxylic acids is 3. The number of nitrogens with one attached hydrogen (secondary N) is 4. The second-order valence-corrected chi connectivity index (χ2v) is 4.48. The maximum absolute atomic E-state index is 11.7. The Morgan fingerprint density at radius 1 is 0.913 bits per heavy atom. The van der Waals surface area contributed by atoms with Crippen molar-refractivity contribution in [1.29, 1.82) is 0 Å². The lowest BCUT2D eigenvalue weighted by Gasteiger charge is -2.09. The third-order valence-corrected chi connectivity index (χ3v) is 2.76. The smallest absolute Gasteiger partial charge is 0.315 e. The van der Waals surface area contributed by atoms with E-state index in [1.54, 1.807) is 42.5 Å². The number of rotatable bonds is 5. The van der Waals surface area contributed by atoms with E-state index in [0.717, 1.165) is 0 Å². The first kappa shape index (κ1) is 16.1. The van der Waals surface area contributed by atoms with Crippen LogP contribution in [0.3, 0.4) is 0 Å². The minimum Gasteiger partial charge on any atom is -0.467 e. The number of furan rings is 1. The van der Waals surface area contributed by atoms with Gasteiger partial charge in [0.1, 0.15) is 12.3 Å². The molecule has 0 aliphatic heterocycles. The quantitative estimate of drug-likeness (QED) is 0.603. The zero-order valence-electron chi connectivity index (χ0n) is 12.2. The molecule has 120 valence electrons. The molecule has 0 fully saturated rings. The van der Waals surface area contributed by atoms with Crippen LogP contribution in [0.15, 0.2) is 53.1 Å². The molecule has 0 spiro atoms. The summed E-state index contributed by atoms with van der Waals surface area (Å²) in [6, 6.07) is 11.3. The van der Waals surface area contributed by atoms with Gasteiger partial charge in [0.15, 0.2) is 0 Å². The van der Waals surface area contributed by atoms with Gasteiger partial charge in [0.2, 0.25) is 0 Å². The predicted molar refractivity (Wildman–Crippen MR) is 81.0 cm³/mol. The van der Waals surface area contributed by atoms with E-state index >= 15 is 0 Å². The zero-order chi connectivity index (χ0) is 16.5. The number of hydrogen-bond donors (Lipinski definition) is 4. The molecule has 1 aromatic heterocycles. The first-order valence-electron chi connectivity index (χ1n) is 6.83. The van der Waals surface area contributed by atoms with E-state index in [-0.39, 0.29) is 13.1 Å². The van der Waals surface area contributed by atoms with Gasteiger partial charge in [0, 0.05) is 5.56 Å². The van der Waals surface area contributed by atoms with E-state index in [1.165, 1.54) is 6.26 Å². The molecule has 8 heteroatoms. The van der Waals surface area contributed by atoms with Crippen LogP contribution in [-0.4, -0.2) is 24.4 Å². The Morgan fingerprint density at radius 3 is 2.39 bits per heavy atom. The standard InChI is InChI=1S/C15H16N4O4/c20-13(18-19-14(21)11-5-2-1-3-6-11)10-17-15(22)16-9-12-7-4-8-23-12/h1-8H,9-10H2,(H,18,20)(H,19,21)(H2,16,17,22). The van der Waals surface area contributed by atoms with Gasteiger partial charge in [0.25, 0.3) is 11.8 Å². The van der Waals surface area contributed by atoms with E-state index in [9.17, 15) is 14.4 Å². The van der Waals surface area contributed by atoms with Crippen LogP contribution in [0, 0.1) is 0 Å². The van der Waals surface area contributed by atoms with Crippen molar-refractivity contribution in [2.24, 2.45) is 0 Å². The lowest BCUT2D eigenvalue weighted by molar-refractivity contribution is -0.120. The highest BCUT2D eigenvalue weighted by atomic mass is 16.3. The van der Waals surface area contributed by atoms with E-state index in [0.29, 0.717) is 11.3 Å². The SMILES string of the molecule is O=C(CNC(=O)NCc1ccco1)NNC(=O)c1ccccc1. The van der Waals surface area contributed by atoms with Crippen molar-refractivity contribution < 1.29 is 18.8 Å². The first-order chi connectivity index (χ1) is 11.1. The summed E-state index contributed by atoms with van der Waals surface area (Å²) in [6.07, 6.45) is 1.50. The van der Waals surface area contributed by atoms with E-state index in [4.69, 9.17) is 4.42 Å². The summed E-state index contributed by atoms with van der Waals surface area (Å²) in [5, 5.41) is 4.87. The highest BCUT2D eigenvalue weighted by Gasteiger charge is 2.08. The number of benzene rings is 1. The van der Waals surface area contributed by atoms with Crippen molar-refractivity contribution in [1.82, 2.24) is 21.5 Å². The second kappa shape index (κ2) is 8.23. The van der Waals surface area contributed by atoms with Crippen LogP contribution in [0.25, 0.3) is 0 Å². The molecule has 0 saturated heterocycles. The molecule has 0 saturated carbocycles. The predicted octanol–water partition coefficient (Wildman–Crippen LogP) is 0.540. The Hall–Kier alpha value is -3.29. The number of hydrogen-bond acceptors (Lipinski definition) is 4. The molecule has 0 atom stereocenters. The molecule has 8 nitrogen and oxygen atoms in total. The number of urea groups is 1. The highest BCUT2D eigenvalue weighted by Crippen LogP contribution is 1.98. The Kier molecular flexibility index (Phi) is 5.75. The van der Waals surface area contributed by atoms with Crippen LogP contribution in [0.5, 0.6) is 0 Å². The Bertz CT molecular complexity index is 655. The van der Waals surface area contributed by atoms with Crippen LogP contribution in [0.2, 0.25) is 0 Å². The third kappa shape index (κ3) is 5.54. The van der Waals surface area contributed by atoms with Gasteiger partial charge in [-0.1, -0.05) is 18.2 Å². The lowest BCUT2D eigenvalue weighted by atomic mass is 10.2. The topological polar surface area (TPSA) is 112 Å². The van der Waals surface area contributed by atoms with Crippen LogP contribution < -0.4 is 21.5 Å². The fourth-order valence-corrected chi connectivity index (χ4v) is 1.64. The van der Waals surface area contributed by atoms with E-state index in [1.807, 2.05) is 0 Å². The second-order valence-electron chi connectivity index (χ2n) is 4.48. The summed E-state index contributed by atoms with van der Waals surface area (Å²) in [4.78, 5) is 34.7. The van der Waals surface area contributed by atoms with Crippen molar-refractivity contribution >= 4 is 17.8 Å². The van der Waals surface area contributed by atoms with E-state index in [2.05, 4.69) is 21.5 Å². The molecule has 4 amide bonds. The molecular formula is C15H16N4O4. The monoisotopic (exact) mass is 316 g/mol. The normalized spacial score (nSPS) is 9.74. The van der Waals surface area contributed by atoms with Crippen LogP contribution >= 0.6 is 0 Å².